The Labute approximate surface area is 131 Å². The lowest BCUT2D eigenvalue weighted by Crippen LogP contribution is -1.92. The third kappa shape index (κ3) is 2.96. The van der Waals surface area contributed by atoms with Gasteiger partial charge in [-0.05, 0) is 5.56 Å². The molecule has 0 aliphatic rings. The second-order valence-corrected chi connectivity index (χ2v) is 7.44. The fraction of sp³-hybridized carbons (Fsp3) is 0.118. The van der Waals surface area contributed by atoms with Crippen LogP contribution in [-0.2, 0) is 10.8 Å². The summed E-state index contributed by atoms with van der Waals surface area (Å²) in [6, 6.07) is 20.2. The second-order valence-electron chi connectivity index (χ2n) is 4.52. The Morgan fingerprint density at radius 1 is 0.952 bits per heavy atom. The van der Waals surface area contributed by atoms with Crippen LogP contribution in [0.5, 0.6) is 0 Å². The van der Waals surface area contributed by atoms with Crippen molar-refractivity contribution < 1.29 is 4.21 Å². The number of hydrogen-bond acceptors (Lipinski definition) is 3. The van der Waals surface area contributed by atoms with Gasteiger partial charge in [-0.15, -0.1) is 11.3 Å². The topological polar surface area (TPSA) is 30.0 Å². The molecule has 3 aromatic rings. The molecule has 3 rings (SSSR count). The average Bonchev–Trinajstić information content (AvgIpc) is 3.01. The van der Waals surface area contributed by atoms with Gasteiger partial charge in [0.1, 0.15) is 0 Å². The highest BCUT2D eigenvalue weighted by Gasteiger charge is 2.17. The van der Waals surface area contributed by atoms with Crippen molar-refractivity contribution in [1.29, 1.82) is 0 Å². The number of nitrogens with zero attached hydrogens (tertiary/aromatic N) is 1. The molecule has 21 heavy (non-hydrogen) atoms. The highest BCUT2D eigenvalue weighted by atomic mass is 32.2. The summed E-state index contributed by atoms with van der Waals surface area (Å²) in [5.74, 6) is 0.593. The minimum atomic E-state index is -1.02. The van der Waals surface area contributed by atoms with Crippen molar-refractivity contribution in [2.75, 3.05) is 5.75 Å². The number of hydrogen-bond donors (Lipinski definition) is 0. The van der Waals surface area contributed by atoms with Gasteiger partial charge in [0, 0.05) is 11.3 Å². The molecule has 0 aliphatic heterocycles. The molecule has 0 spiro atoms. The summed E-state index contributed by atoms with van der Waals surface area (Å²) in [7, 11) is -1.02. The van der Waals surface area contributed by atoms with Crippen LogP contribution < -0.4 is 0 Å². The lowest BCUT2D eigenvalue weighted by molar-refractivity contribution is 0.683. The zero-order valence-electron chi connectivity index (χ0n) is 11.7. The summed E-state index contributed by atoms with van der Waals surface area (Å²) in [5, 5.41) is 0. The summed E-state index contributed by atoms with van der Waals surface area (Å²) in [5.41, 5.74) is 3.10. The van der Waals surface area contributed by atoms with Crippen molar-refractivity contribution in [2.45, 2.75) is 11.3 Å². The molecule has 1 heterocycles. The van der Waals surface area contributed by atoms with Gasteiger partial charge in [0.2, 0.25) is 0 Å². The Morgan fingerprint density at radius 3 is 2.10 bits per heavy atom. The number of rotatable bonds is 4. The first-order valence-corrected chi connectivity index (χ1v) is 8.93. The molecule has 2 aromatic carbocycles. The van der Waals surface area contributed by atoms with Crippen LogP contribution in [0.4, 0.5) is 0 Å². The molecule has 0 bridgehead atoms. The monoisotopic (exact) mass is 313 g/mol. The fourth-order valence-electron chi connectivity index (χ4n) is 2.10. The maximum Gasteiger partial charge on any atom is 0.181 e. The van der Waals surface area contributed by atoms with Crippen molar-refractivity contribution in [3.8, 4) is 21.7 Å². The molecule has 0 radical (unpaired) electrons. The molecule has 0 amide bonds. The van der Waals surface area contributed by atoms with Gasteiger partial charge in [-0.2, -0.15) is 0 Å². The quantitative estimate of drug-likeness (QED) is 0.704. The Hall–Kier alpha value is -1.78. The highest BCUT2D eigenvalue weighted by Crippen LogP contribution is 2.37. The molecule has 0 fully saturated rings. The van der Waals surface area contributed by atoms with Crippen molar-refractivity contribution in [1.82, 2.24) is 4.98 Å². The number of benzene rings is 2. The second kappa shape index (κ2) is 6.33. The molecule has 0 saturated carbocycles. The van der Waals surface area contributed by atoms with Crippen LogP contribution in [0.1, 0.15) is 6.92 Å². The smallest absolute Gasteiger partial charge is 0.181 e. The maximum absolute atomic E-state index is 12.1. The molecule has 0 saturated heterocycles. The first kappa shape index (κ1) is 14.2. The summed E-state index contributed by atoms with van der Waals surface area (Å²) < 4.78 is 12.8. The summed E-state index contributed by atoms with van der Waals surface area (Å²) in [6.45, 7) is 1.92. The van der Waals surface area contributed by atoms with Crippen LogP contribution in [0.2, 0.25) is 0 Å². The molecule has 1 aromatic heterocycles. The zero-order valence-corrected chi connectivity index (χ0v) is 13.3. The minimum Gasteiger partial charge on any atom is -0.252 e. The SMILES string of the molecule is CCS(=O)c1nc(-c2ccccc2)c(-c2ccccc2)s1. The van der Waals surface area contributed by atoms with Crippen LogP contribution in [0, 0.1) is 0 Å². The van der Waals surface area contributed by atoms with E-state index < -0.39 is 10.8 Å². The van der Waals surface area contributed by atoms with Gasteiger partial charge in [-0.1, -0.05) is 67.6 Å². The Morgan fingerprint density at radius 2 is 1.52 bits per heavy atom. The molecule has 2 nitrogen and oxygen atoms in total. The summed E-state index contributed by atoms with van der Waals surface area (Å²) in [6.07, 6.45) is 0. The molecule has 4 heteroatoms. The van der Waals surface area contributed by atoms with Crippen molar-refractivity contribution >= 4 is 22.1 Å². The Balaban J connectivity index is 2.18. The van der Waals surface area contributed by atoms with Crippen LogP contribution in [-0.4, -0.2) is 14.9 Å². The molecule has 0 aliphatic carbocycles. The van der Waals surface area contributed by atoms with E-state index >= 15 is 0 Å². The van der Waals surface area contributed by atoms with E-state index in [0.717, 1.165) is 21.7 Å². The molecule has 1 atom stereocenters. The largest absolute Gasteiger partial charge is 0.252 e. The first-order valence-electron chi connectivity index (χ1n) is 6.79. The molecule has 1 unspecified atom stereocenters. The van der Waals surface area contributed by atoms with Crippen molar-refractivity contribution in [3.63, 3.8) is 0 Å². The predicted octanol–water partition coefficient (Wildman–Crippen LogP) is 4.60. The van der Waals surface area contributed by atoms with E-state index in [1.54, 1.807) is 0 Å². The predicted molar refractivity (Wildman–Crippen MR) is 89.9 cm³/mol. The van der Waals surface area contributed by atoms with Crippen LogP contribution in [0.25, 0.3) is 21.7 Å². The van der Waals surface area contributed by atoms with Gasteiger partial charge in [0.15, 0.2) is 4.34 Å². The number of aromatic nitrogens is 1. The van der Waals surface area contributed by atoms with Gasteiger partial charge in [-0.25, -0.2) is 4.98 Å². The van der Waals surface area contributed by atoms with E-state index in [2.05, 4.69) is 17.1 Å². The average molecular weight is 313 g/mol. The lowest BCUT2D eigenvalue weighted by atomic mass is 10.1. The summed E-state index contributed by atoms with van der Waals surface area (Å²) in [4.78, 5) is 5.73. The normalized spacial score (nSPS) is 12.2. The van der Waals surface area contributed by atoms with E-state index in [0.29, 0.717) is 10.1 Å². The Bertz CT molecular complexity index is 694. The van der Waals surface area contributed by atoms with Gasteiger partial charge >= 0.3 is 0 Å². The Kier molecular flexibility index (Phi) is 4.27. The van der Waals surface area contributed by atoms with E-state index in [-0.39, 0.29) is 0 Å². The van der Waals surface area contributed by atoms with Crippen LogP contribution in [0.3, 0.4) is 0 Å². The van der Waals surface area contributed by atoms with E-state index in [4.69, 9.17) is 0 Å². The van der Waals surface area contributed by atoms with Gasteiger partial charge in [0.05, 0.1) is 21.4 Å². The lowest BCUT2D eigenvalue weighted by Gasteiger charge is -2.02. The zero-order chi connectivity index (χ0) is 14.7. The van der Waals surface area contributed by atoms with Gasteiger partial charge in [0.25, 0.3) is 0 Å². The number of thiazole rings is 1. The maximum atomic E-state index is 12.1. The molecule has 106 valence electrons. The van der Waals surface area contributed by atoms with E-state index in [1.807, 2.05) is 55.5 Å². The van der Waals surface area contributed by atoms with Gasteiger partial charge in [-0.3, -0.25) is 4.21 Å². The molecule has 0 N–H and O–H groups in total. The van der Waals surface area contributed by atoms with E-state index in [9.17, 15) is 4.21 Å². The summed E-state index contributed by atoms with van der Waals surface area (Å²) >= 11 is 1.53. The molecular weight excluding hydrogens is 298 g/mol. The minimum absolute atomic E-state index is 0.593. The van der Waals surface area contributed by atoms with Crippen LogP contribution >= 0.6 is 11.3 Å². The third-order valence-electron chi connectivity index (χ3n) is 3.15. The van der Waals surface area contributed by atoms with Crippen LogP contribution in [0.15, 0.2) is 65.0 Å². The third-order valence-corrected chi connectivity index (χ3v) is 5.86. The standard InChI is InChI=1S/C17H15NOS2/c1-2-21(19)17-18-15(13-9-5-3-6-10-13)16(20-17)14-11-7-4-8-12-14/h3-12H,2H2,1H3. The highest BCUT2D eigenvalue weighted by molar-refractivity contribution is 7.87. The van der Waals surface area contributed by atoms with E-state index in [1.165, 1.54) is 11.3 Å². The van der Waals surface area contributed by atoms with Crippen molar-refractivity contribution in [2.24, 2.45) is 0 Å². The van der Waals surface area contributed by atoms with Crippen molar-refractivity contribution in [3.05, 3.63) is 60.7 Å². The molecular formula is C17H15NOS2. The fourth-order valence-corrected chi connectivity index (χ4v) is 4.34. The van der Waals surface area contributed by atoms with Gasteiger partial charge < -0.3 is 0 Å². The first-order chi connectivity index (χ1) is 10.3.